The lowest BCUT2D eigenvalue weighted by Crippen LogP contribution is -1.80. The first-order chi connectivity index (χ1) is 7.79. The molecule has 0 unspecified atom stereocenters. The van der Waals surface area contributed by atoms with Crippen molar-refractivity contribution in [3.05, 3.63) is 50.8 Å². The molecule has 0 aliphatic heterocycles. The van der Waals surface area contributed by atoms with Gasteiger partial charge in [0.2, 0.25) is 0 Å². The van der Waals surface area contributed by atoms with E-state index in [2.05, 4.69) is 15.0 Å². The Morgan fingerprint density at radius 2 is 2.12 bits per heavy atom. The van der Waals surface area contributed by atoms with Gasteiger partial charge in [0.15, 0.2) is 0 Å². The van der Waals surface area contributed by atoms with Crippen LogP contribution in [-0.4, -0.2) is 4.98 Å². The lowest BCUT2D eigenvalue weighted by molar-refractivity contribution is 0.996. The van der Waals surface area contributed by atoms with E-state index < -0.39 is 0 Å². The van der Waals surface area contributed by atoms with Crippen LogP contribution in [0.25, 0.3) is 21.0 Å². The van der Waals surface area contributed by atoms with E-state index in [4.69, 9.17) is 17.1 Å². The molecule has 1 heterocycles. The summed E-state index contributed by atoms with van der Waals surface area (Å²) < 4.78 is 0. The smallest absolute Gasteiger partial charge is 0.123 e. The SMILES string of the molecule is [N-]=[N+]=NCc1csc(-c2ccc(Cl)cc2)n1. The fourth-order valence-corrected chi connectivity index (χ4v) is 2.15. The van der Waals surface area contributed by atoms with Crippen molar-refractivity contribution in [1.29, 1.82) is 0 Å². The Hall–Kier alpha value is -1.55. The highest BCUT2D eigenvalue weighted by molar-refractivity contribution is 7.13. The summed E-state index contributed by atoms with van der Waals surface area (Å²) >= 11 is 7.32. The quantitative estimate of drug-likeness (QED) is 0.456. The molecule has 0 aliphatic rings. The van der Waals surface area contributed by atoms with Gasteiger partial charge in [-0.05, 0) is 17.7 Å². The first kappa shape index (κ1) is 11.0. The molecule has 0 atom stereocenters. The molecule has 0 saturated carbocycles. The number of hydrogen-bond donors (Lipinski definition) is 0. The Balaban J connectivity index is 2.24. The molecular formula is C10H7ClN4S. The van der Waals surface area contributed by atoms with Crippen molar-refractivity contribution in [3.8, 4) is 10.6 Å². The van der Waals surface area contributed by atoms with E-state index in [1.807, 2.05) is 29.6 Å². The number of azide groups is 1. The average molecular weight is 251 g/mol. The van der Waals surface area contributed by atoms with Gasteiger partial charge >= 0.3 is 0 Å². The van der Waals surface area contributed by atoms with Crippen LogP contribution in [0.3, 0.4) is 0 Å². The van der Waals surface area contributed by atoms with Gasteiger partial charge in [-0.3, -0.25) is 0 Å². The maximum absolute atomic E-state index is 8.20. The zero-order valence-corrected chi connectivity index (χ0v) is 9.74. The van der Waals surface area contributed by atoms with E-state index >= 15 is 0 Å². The van der Waals surface area contributed by atoms with Gasteiger partial charge in [0, 0.05) is 20.9 Å². The van der Waals surface area contributed by atoms with Crippen molar-refractivity contribution in [2.75, 3.05) is 0 Å². The number of benzene rings is 1. The van der Waals surface area contributed by atoms with Crippen molar-refractivity contribution in [3.63, 3.8) is 0 Å². The predicted molar refractivity (Wildman–Crippen MR) is 65.4 cm³/mol. The summed E-state index contributed by atoms with van der Waals surface area (Å²) in [6.45, 7) is 0.292. The summed E-state index contributed by atoms with van der Waals surface area (Å²) in [7, 11) is 0. The Kier molecular flexibility index (Phi) is 3.41. The van der Waals surface area contributed by atoms with Gasteiger partial charge < -0.3 is 0 Å². The maximum Gasteiger partial charge on any atom is 0.123 e. The molecule has 2 aromatic rings. The lowest BCUT2D eigenvalue weighted by atomic mass is 10.2. The Bertz CT molecular complexity index is 528. The van der Waals surface area contributed by atoms with Crippen LogP contribution in [0.2, 0.25) is 5.02 Å². The third-order valence-electron chi connectivity index (χ3n) is 1.94. The van der Waals surface area contributed by atoms with Crippen molar-refractivity contribution < 1.29 is 0 Å². The third-order valence-corrected chi connectivity index (χ3v) is 3.13. The molecule has 4 nitrogen and oxygen atoms in total. The number of hydrogen-bond acceptors (Lipinski definition) is 3. The van der Waals surface area contributed by atoms with E-state index in [1.165, 1.54) is 11.3 Å². The number of aromatic nitrogens is 1. The number of halogens is 1. The molecular weight excluding hydrogens is 244 g/mol. The van der Waals surface area contributed by atoms with Gasteiger partial charge in [0.1, 0.15) is 5.01 Å². The summed E-state index contributed by atoms with van der Waals surface area (Å²) in [5.41, 5.74) is 10.0. The highest BCUT2D eigenvalue weighted by Crippen LogP contribution is 2.25. The molecule has 80 valence electrons. The van der Waals surface area contributed by atoms with Crippen molar-refractivity contribution in [2.24, 2.45) is 5.11 Å². The maximum atomic E-state index is 8.20. The molecule has 2 rings (SSSR count). The number of thiazole rings is 1. The first-order valence-corrected chi connectivity index (χ1v) is 5.76. The Labute approximate surface area is 101 Å². The van der Waals surface area contributed by atoms with Crippen LogP contribution >= 0.6 is 22.9 Å². The second-order valence-corrected chi connectivity index (χ2v) is 4.33. The molecule has 0 amide bonds. The number of rotatable bonds is 3. The molecule has 6 heteroatoms. The second kappa shape index (κ2) is 4.99. The molecule has 0 aliphatic carbocycles. The van der Waals surface area contributed by atoms with Gasteiger partial charge in [-0.2, -0.15) is 0 Å². The van der Waals surface area contributed by atoms with Crippen molar-refractivity contribution in [2.45, 2.75) is 6.54 Å². The van der Waals surface area contributed by atoms with E-state index in [1.54, 1.807) is 0 Å². The summed E-state index contributed by atoms with van der Waals surface area (Å²) in [6, 6.07) is 7.48. The average Bonchev–Trinajstić information content (AvgIpc) is 2.76. The van der Waals surface area contributed by atoms with E-state index in [0.717, 1.165) is 16.3 Å². The topological polar surface area (TPSA) is 61.7 Å². The Morgan fingerprint density at radius 1 is 1.38 bits per heavy atom. The third kappa shape index (κ3) is 2.52. The largest absolute Gasteiger partial charge is 0.241 e. The molecule has 0 bridgehead atoms. The lowest BCUT2D eigenvalue weighted by Gasteiger charge is -1.95. The molecule has 0 N–H and O–H groups in total. The summed E-state index contributed by atoms with van der Waals surface area (Å²) in [5.74, 6) is 0. The summed E-state index contributed by atoms with van der Waals surface area (Å²) in [5, 5.41) is 6.96. The normalized spacial score (nSPS) is 9.81. The van der Waals surface area contributed by atoms with Crippen LogP contribution in [0.1, 0.15) is 5.69 Å². The van der Waals surface area contributed by atoms with Crippen LogP contribution in [0.4, 0.5) is 0 Å². The molecule has 0 saturated heterocycles. The van der Waals surface area contributed by atoms with Crippen LogP contribution in [0.5, 0.6) is 0 Å². The standard InChI is InChI=1S/C10H7ClN4S/c11-8-3-1-7(2-4-8)10-14-9(6-16-10)5-13-15-12/h1-4,6H,5H2. The van der Waals surface area contributed by atoms with Gasteiger partial charge in [-0.15, -0.1) is 11.3 Å². The van der Waals surface area contributed by atoms with E-state index in [0.29, 0.717) is 11.6 Å². The van der Waals surface area contributed by atoms with E-state index in [-0.39, 0.29) is 0 Å². The van der Waals surface area contributed by atoms with Crippen LogP contribution < -0.4 is 0 Å². The zero-order chi connectivity index (χ0) is 11.4. The van der Waals surface area contributed by atoms with E-state index in [9.17, 15) is 0 Å². The molecule has 0 fully saturated rings. The minimum atomic E-state index is 0.292. The van der Waals surface area contributed by atoms with Crippen molar-refractivity contribution >= 4 is 22.9 Å². The molecule has 0 spiro atoms. The van der Waals surface area contributed by atoms with Gasteiger partial charge in [-0.25, -0.2) is 4.98 Å². The van der Waals surface area contributed by atoms with Crippen LogP contribution in [0, 0.1) is 0 Å². The molecule has 1 aromatic carbocycles. The fraction of sp³-hybridized carbons (Fsp3) is 0.100. The van der Waals surface area contributed by atoms with Crippen LogP contribution in [-0.2, 0) is 6.54 Å². The summed E-state index contributed by atoms with van der Waals surface area (Å²) in [6.07, 6.45) is 0. The predicted octanol–water partition coefficient (Wildman–Crippen LogP) is 4.27. The van der Waals surface area contributed by atoms with Crippen molar-refractivity contribution in [1.82, 2.24) is 4.98 Å². The monoisotopic (exact) mass is 250 g/mol. The second-order valence-electron chi connectivity index (χ2n) is 3.04. The molecule has 1 aromatic heterocycles. The molecule has 0 radical (unpaired) electrons. The zero-order valence-electron chi connectivity index (χ0n) is 8.17. The van der Waals surface area contributed by atoms with Gasteiger partial charge in [-0.1, -0.05) is 28.8 Å². The van der Waals surface area contributed by atoms with Gasteiger partial charge in [0.05, 0.1) is 12.2 Å². The summed E-state index contributed by atoms with van der Waals surface area (Å²) in [4.78, 5) is 7.05. The minimum Gasteiger partial charge on any atom is -0.241 e. The van der Waals surface area contributed by atoms with Crippen LogP contribution in [0.15, 0.2) is 34.8 Å². The first-order valence-electron chi connectivity index (χ1n) is 4.51. The highest BCUT2D eigenvalue weighted by atomic mass is 35.5. The molecule has 16 heavy (non-hydrogen) atoms. The minimum absolute atomic E-state index is 0.292. The highest BCUT2D eigenvalue weighted by Gasteiger charge is 2.03. The fourth-order valence-electron chi connectivity index (χ4n) is 1.21. The van der Waals surface area contributed by atoms with Gasteiger partial charge in [0.25, 0.3) is 0 Å². The number of nitrogens with zero attached hydrogens (tertiary/aromatic N) is 4. The Morgan fingerprint density at radius 3 is 2.81 bits per heavy atom.